The smallest absolute Gasteiger partial charge is 0.211 e. The van der Waals surface area contributed by atoms with Crippen molar-refractivity contribution >= 4 is 10.0 Å². The molecule has 2 N–H and O–H groups in total. The van der Waals surface area contributed by atoms with Crippen LogP contribution in [0.25, 0.3) is 0 Å². The quantitative estimate of drug-likeness (QED) is 0.736. The van der Waals surface area contributed by atoms with E-state index in [1.165, 1.54) is 19.5 Å². The van der Waals surface area contributed by atoms with E-state index in [4.69, 9.17) is 0 Å². The van der Waals surface area contributed by atoms with Crippen molar-refractivity contribution in [1.82, 2.24) is 14.9 Å². The molecule has 2 rings (SSSR count). The molecule has 2 saturated heterocycles. The Hall–Kier alpha value is -0.170. The molecule has 0 aromatic rings. The molecule has 0 radical (unpaired) electrons. The van der Waals surface area contributed by atoms with Gasteiger partial charge < -0.3 is 10.2 Å². The van der Waals surface area contributed by atoms with Gasteiger partial charge in [-0.15, -0.1) is 0 Å². The minimum atomic E-state index is -3.02. The molecule has 2 aliphatic rings. The summed E-state index contributed by atoms with van der Waals surface area (Å²) in [5.41, 5.74) is 0. The first-order chi connectivity index (χ1) is 9.09. The minimum absolute atomic E-state index is 0.181. The van der Waals surface area contributed by atoms with Crippen molar-refractivity contribution in [2.24, 2.45) is 11.8 Å². The second-order valence-electron chi connectivity index (χ2n) is 5.85. The van der Waals surface area contributed by atoms with Crippen LogP contribution >= 0.6 is 0 Å². The molecule has 5 nitrogen and oxygen atoms in total. The van der Waals surface area contributed by atoms with Gasteiger partial charge in [0.25, 0.3) is 0 Å². The molecule has 6 heteroatoms. The van der Waals surface area contributed by atoms with Crippen molar-refractivity contribution in [3.8, 4) is 0 Å². The molecule has 0 amide bonds. The SMILES string of the molecule is CCS(=O)(=O)NCC1CCN(C[C@@H]2CCNC2)CC1. The maximum Gasteiger partial charge on any atom is 0.211 e. The monoisotopic (exact) mass is 289 g/mol. The van der Waals surface area contributed by atoms with Crippen LogP contribution in [0.5, 0.6) is 0 Å². The van der Waals surface area contributed by atoms with Crippen LogP contribution in [0.2, 0.25) is 0 Å². The first-order valence-corrected chi connectivity index (χ1v) is 9.14. The van der Waals surface area contributed by atoms with Gasteiger partial charge in [-0.3, -0.25) is 0 Å². The fourth-order valence-corrected chi connectivity index (χ4v) is 3.65. The van der Waals surface area contributed by atoms with Gasteiger partial charge in [-0.1, -0.05) is 0 Å². The van der Waals surface area contributed by atoms with Gasteiger partial charge in [0.2, 0.25) is 10.0 Å². The Morgan fingerprint density at radius 2 is 1.95 bits per heavy atom. The Morgan fingerprint density at radius 1 is 1.21 bits per heavy atom. The minimum Gasteiger partial charge on any atom is -0.316 e. The molecular formula is C13H27N3O2S. The molecule has 2 aliphatic heterocycles. The van der Waals surface area contributed by atoms with Crippen LogP contribution in [0.3, 0.4) is 0 Å². The molecule has 2 fully saturated rings. The number of sulfonamides is 1. The third-order valence-electron chi connectivity index (χ3n) is 4.36. The highest BCUT2D eigenvalue weighted by Gasteiger charge is 2.23. The van der Waals surface area contributed by atoms with E-state index in [0.29, 0.717) is 12.5 Å². The molecule has 19 heavy (non-hydrogen) atoms. The lowest BCUT2D eigenvalue weighted by Gasteiger charge is -2.33. The van der Waals surface area contributed by atoms with E-state index in [1.807, 2.05) is 0 Å². The summed E-state index contributed by atoms with van der Waals surface area (Å²) in [4.78, 5) is 2.54. The summed E-state index contributed by atoms with van der Waals surface area (Å²) in [6.07, 6.45) is 3.54. The molecule has 0 bridgehead atoms. The topological polar surface area (TPSA) is 61.4 Å². The Labute approximate surface area is 117 Å². The number of nitrogens with zero attached hydrogens (tertiary/aromatic N) is 1. The van der Waals surface area contributed by atoms with Crippen LogP contribution in [-0.4, -0.2) is 58.3 Å². The van der Waals surface area contributed by atoms with Crippen molar-refractivity contribution in [3.05, 3.63) is 0 Å². The van der Waals surface area contributed by atoms with Crippen molar-refractivity contribution < 1.29 is 8.42 Å². The van der Waals surface area contributed by atoms with Gasteiger partial charge in [0.15, 0.2) is 0 Å². The highest BCUT2D eigenvalue weighted by molar-refractivity contribution is 7.89. The zero-order valence-electron chi connectivity index (χ0n) is 11.9. The fourth-order valence-electron chi connectivity index (χ4n) is 2.96. The zero-order valence-corrected chi connectivity index (χ0v) is 12.7. The standard InChI is InChI=1S/C13H27N3O2S/c1-2-19(17,18)15-10-12-4-7-16(8-5-12)11-13-3-6-14-9-13/h12-15H,2-11H2,1H3/t13-/m1/s1. The highest BCUT2D eigenvalue weighted by Crippen LogP contribution is 2.19. The van der Waals surface area contributed by atoms with Crippen LogP contribution in [0, 0.1) is 11.8 Å². The van der Waals surface area contributed by atoms with Gasteiger partial charge >= 0.3 is 0 Å². The number of piperidine rings is 1. The van der Waals surface area contributed by atoms with Crippen molar-refractivity contribution in [2.75, 3.05) is 45.0 Å². The predicted octanol–water partition coefficient (Wildman–Crippen LogP) is 0.247. The molecule has 0 spiro atoms. The van der Waals surface area contributed by atoms with Crippen LogP contribution in [0.1, 0.15) is 26.2 Å². The van der Waals surface area contributed by atoms with E-state index in [2.05, 4.69) is 14.9 Å². The van der Waals surface area contributed by atoms with Crippen molar-refractivity contribution in [2.45, 2.75) is 26.2 Å². The van der Waals surface area contributed by atoms with Crippen molar-refractivity contribution in [1.29, 1.82) is 0 Å². The Kier molecular flexibility index (Phi) is 5.62. The third-order valence-corrected chi connectivity index (χ3v) is 5.72. The summed E-state index contributed by atoms with van der Waals surface area (Å²) >= 11 is 0. The number of hydrogen-bond donors (Lipinski definition) is 2. The normalized spacial score (nSPS) is 26.9. The first-order valence-electron chi connectivity index (χ1n) is 7.49. The lowest BCUT2D eigenvalue weighted by molar-refractivity contribution is 0.165. The van der Waals surface area contributed by atoms with E-state index in [0.717, 1.165) is 38.4 Å². The molecule has 112 valence electrons. The zero-order chi connectivity index (χ0) is 13.7. The van der Waals surface area contributed by atoms with Crippen LogP contribution in [0.15, 0.2) is 0 Å². The third kappa shape index (κ3) is 5.02. The summed E-state index contributed by atoms with van der Waals surface area (Å²) in [5, 5.41) is 3.41. The maximum atomic E-state index is 11.4. The van der Waals surface area contributed by atoms with E-state index < -0.39 is 10.0 Å². The largest absolute Gasteiger partial charge is 0.316 e. The fraction of sp³-hybridized carbons (Fsp3) is 1.00. The van der Waals surface area contributed by atoms with E-state index in [-0.39, 0.29) is 5.75 Å². The van der Waals surface area contributed by atoms with E-state index >= 15 is 0 Å². The molecule has 0 saturated carbocycles. The van der Waals surface area contributed by atoms with Gasteiger partial charge in [0, 0.05) is 13.1 Å². The lowest BCUT2D eigenvalue weighted by atomic mass is 9.96. The summed E-state index contributed by atoms with van der Waals surface area (Å²) in [7, 11) is -3.02. The first kappa shape index (κ1) is 15.2. The molecule has 0 aliphatic carbocycles. The average molecular weight is 289 g/mol. The maximum absolute atomic E-state index is 11.4. The number of hydrogen-bond acceptors (Lipinski definition) is 4. The molecule has 0 aromatic carbocycles. The second kappa shape index (κ2) is 7.02. The Bertz CT molecular complexity index is 358. The number of rotatable bonds is 6. The van der Waals surface area contributed by atoms with Crippen molar-refractivity contribution in [3.63, 3.8) is 0 Å². The van der Waals surface area contributed by atoms with E-state index in [1.54, 1.807) is 6.92 Å². The number of likely N-dealkylation sites (tertiary alicyclic amines) is 1. The molecule has 1 atom stereocenters. The Balaban J connectivity index is 1.64. The van der Waals surface area contributed by atoms with Gasteiger partial charge in [0.1, 0.15) is 0 Å². The summed E-state index contributed by atoms with van der Waals surface area (Å²) in [5.74, 6) is 1.51. The molecule has 0 unspecified atom stereocenters. The molecule has 0 aromatic heterocycles. The second-order valence-corrected chi connectivity index (χ2v) is 7.95. The summed E-state index contributed by atoms with van der Waals surface area (Å²) in [6.45, 7) is 8.08. The van der Waals surface area contributed by atoms with Gasteiger partial charge in [-0.25, -0.2) is 13.1 Å². The van der Waals surface area contributed by atoms with Gasteiger partial charge in [-0.2, -0.15) is 0 Å². The molecule has 2 heterocycles. The Morgan fingerprint density at radius 3 is 2.53 bits per heavy atom. The van der Waals surface area contributed by atoms with Crippen LogP contribution in [0.4, 0.5) is 0 Å². The highest BCUT2D eigenvalue weighted by atomic mass is 32.2. The summed E-state index contributed by atoms with van der Waals surface area (Å²) < 4.78 is 25.5. The predicted molar refractivity (Wildman–Crippen MR) is 77.6 cm³/mol. The van der Waals surface area contributed by atoms with Gasteiger partial charge in [0.05, 0.1) is 5.75 Å². The van der Waals surface area contributed by atoms with E-state index in [9.17, 15) is 8.42 Å². The van der Waals surface area contributed by atoms with Crippen LogP contribution < -0.4 is 10.0 Å². The average Bonchev–Trinajstić information content (AvgIpc) is 2.91. The summed E-state index contributed by atoms with van der Waals surface area (Å²) in [6, 6.07) is 0. The molecular weight excluding hydrogens is 262 g/mol. The number of nitrogens with one attached hydrogen (secondary N) is 2. The lowest BCUT2D eigenvalue weighted by Crippen LogP contribution is -2.41. The van der Waals surface area contributed by atoms with Gasteiger partial charge in [-0.05, 0) is 64.2 Å². The van der Waals surface area contributed by atoms with Crippen LogP contribution in [-0.2, 0) is 10.0 Å².